The van der Waals surface area contributed by atoms with E-state index in [4.69, 9.17) is 9.97 Å². The van der Waals surface area contributed by atoms with Crippen molar-refractivity contribution in [3.8, 4) is 11.1 Å². The SMILES string of the molecule is Cc1nc(N2CCCC(Cn3cncn3)C2)c2c(-c3ccccc3)csc2n1. The molecular formula is C21H22N6S. The molecule has 0 saturated carbocycles. The van der Waals surface area contributed by atoms with Crippen molar-refractivity contribution >= 4 is 27.4 Å². The molecule has 0 bridgehead atoms. The number of rotatable bonds is 4. The number of piperidine rings is 1. The molecule has 0 amide bonds. The van der Waals surface area contributed by atoms with Crippen molar-refractivity contribution in [2.45, 2.75) is 26.3 Å². The van der Waals surface area contributed by atoms with E-state index in [-0.39, 0.29) is 0 Å². The normalized spacial score (nSPS) is 17.3. The van der Waals surface area contributed by atoms with Crippen LogP contribution in [0.2, 0.25) is 0 Å². The fraction of sp³-hybridized carbons (Fsp3) is 0.333. The molecule has 1 aliphatic heterocycles. The lowest BCUT2D eigenvalue weighted by molar-refractivity contribution is 0.350. The average molecular weight is 391 g/mol. The van der Waals surface area contributed by atoms with Crippen molar-refractivity contribution in [3.05, 3.63) is 54.2 Å². The van der Waals surface area contributed by atoms with E-state index in [0.717, 1.165) is 42.5 Å². The summed E-state index contributed by atoms with van der Waals surface area (Å²) in [5, 5.41) is 7.68. The topological polar surface area (TPSA) is 59.7 Å². The van der Waals surface area contributed by atoms with Crippen LogP contribution in [0.1, 0.15) is 18.7 Å². The van der Waals surface area contributed by atoms with Gasteiger partial charge in [0.25, 0.3) is 0 Å². The highest BCUT2D eigenvalue weighted by atomic mass is 32.1. The summed E-state index contributed by atoms with van der Waals surface area (Å²) in [5.41, 5.74) is 2.45. The Morgan fingerprint density at radius 3 is 2.89 bits per heavy atom. The van der Waals surface area contributed by atoms with E-state index in [1.165, 1.54) is 22.9 Å². The lowest BCUT2D eigenvalue weighted by Crippen LogP contribution is -2.38. The van der Waals surface area contributed by atoms with E-state index in [2.05, 4.69) is 50.7 Å². The molecule has 142 valence electrons. The first-order valence-electron chi connectivity index (χ1n) is 9.66. The van der Waals surface area contributed by atoms with Crippen LogP contribution in [-0.4, -0.2) is 37.8 Å². The number of benzene rings is 1. The number of hydrogen-bond donors (Lipinski definition) is 0. The van der Waals surface area contributed by atoms with Gasteiger partial charge in [0.1, 0.15) is 29.1 Å². The highest BCUT2D eigenvalue weighted by Gasteiger charge is 2.25. The Labute approximate surface area is 167 Å². The van der Waals surface area contributed by atoms with Crippen LogP contribution in [0.5, 0.6) is 0 Å². The number of aromatic nitrogens is 5. The number of aryl methyl sites for hydroxylation is 1. The Morgan fingerprint density at radius 2 is 2.07 bits per heavy atom. The molecular weight excluding hydrogens is 368 g/mol. The first kappa shape index (κ1) is 17.3. The van der Waals surface area contributed by atoms with E-state index in [1.807, 2.05) is 11.6 Å². The van der Waals surface area contributed by atoms with E-state index in [1.54, 1.807) is 24.0 Å². The number of hydrogen-bond acceptors (Lipinski definition) is 6. The summed E-state index contributed by atoms with van der Waals surface area (Å²) in [6.45, 7) is 4.90. The van der Waals surface area contributed by atoms with Gasteiger partial charge in [0.2, 0.25) is 0 Å². The summed E-state index contributed by atoms with van der Waals surface area (Å²) >= 11 is 1.71. The molecule has 0 spiro atoms. The van der Waals surface area contributed by atoms with Gasteiger partial charge in [-0.05, 0) is 31.2 Å². The lowest BCUT2D eigenvalue weighted by atomic mass is 9.97. The minimum Gasteiger partial charge on any atom is -0.356 e. The van der Waals surface area contributed by atoms with Gasteiger partial charge in [-0.1, -0.05) is 30.3 Å². The van der Waals surface area contributed by atoms with Crippen LogP contribution in [-0.2, 0) is 6.54 Å². The second kappa shape index (κ2) is 7.31. The molecule has 0 aliphatic carbocycles. The molecule has 28 heavy (non-hydrogen) atoms. The van der Waals surface area contributed by atoms with Gasteiger partial charge in [-0.3, -0.25) is 4.68 Å². The smallest absolute Gasteiger partial charge is 0.141 e. The number of thiophene rings is 1. The van der Waals surface area contributed by atoms with E-state index < -0.39 is 0 Å². The Bertz CT molecular complexity index is 1070. The predicted molar refractivity (Wildman–Crippen MR) is 113 cm³/mol. The maximum atomic E-state index is 4.90. The largest absolute Gasteiger partial charge is 0.356 e. The summed E-state index contributed by atoms with van der Waals surface area (Å²) < 4.78 is 1.94. The van der Waals surface area contributed by atoms with Crippen LogP contribution in [0.15, 0.2) is 48.4 Å². The minimum absolute atomic E-state index is 0.541. The molecule has 1 atom stereocenters. The van der Waals surface area contributed by atoms with Crippen molar-refractivity contribution in [3.63, 3.8) is 0 Å². The van der Waals surface area contributed by atoms with Crippen LogP contribution in [0, 0.1) is 12.8 Å². The first-order chi connectivity index (χ1) is 13.8. The Hall–Kier alpha value is -2.80. The number of nitrogens with zero attached hydrogens (tertiary/aromatic N) is 6. The summed E-state index contributed by atoms with van der Waals surface area (Å²) in [5.74, 6) is 2.45. The summed E-state index contributed by atoms with van der Waals surface area (Å²) in [7, 11) is 0. The quantitative estimate of drug-likeness (QED) is 0.523. The van der Waals surface area contributed by atoms with Gasteiger partial charge in [0.05, 0.1) is 5.39 Å². The Kier molecular flexibility index (Phi) is 4.52. The minimum atomic E-state index is 0.541. The molecule has 3 aromatic heterocycles. The van der Waals surface area contributed by atoms with Gasteiger partial charge in [0, 0.05) is 30.6 Å². The molecule has 0 radical (unpaired) electrons. The summed E-state index contributed by atoms with van der Waals surface area (Å²) in [4.78, 5) is 17.2. The average Bonchev–Trinajstić information content (AvgIpc) is 3.38. The highest BCUT2D eigenvalue weighted by Crippen LogP contribution is 2.39. The van der Waals surface area contributed by atoms with Crippen molar-refractivity contribution in [2.75, 3.05) is 18.0 Å². The van der Waals surface area contributed by atoms with Crippen LogP contribution in [0.4, 0.5) is 5.82 Å². The highest BCUT2D eigenvalue weighted by molar-refractivity contribution is 7.17. The second-order valence-electron chi connectivity index (χ2n) is 7.36. The van der Waals surface area contributed by atoms with Gasteiger partial charge in [-0.25, -0.2) is 15.0 Å². The van der Waals surface area contributed by atoms with E-state index >= 15 is 0 Å². The molecule has 4 heterocycles. The molecule has 1 aromatic carbocycles. The van der Waals surface area contributed by atoms with Crippen molar-refractivity contribution in [2.24, 2.45) is 5.92 Å². The molecule has 4 aromatic rings. The molecule has 1 fully saturated rings. The van der Waals surface area contributed by atoms with Crippen LogP contribution >= 0.6 is 11.3 Å². The molecule has 1 saturated heterocycles. The summed E-state index contributed by atoms with van der Waals surface area (Å²) in [6, 6.07) is 10.5. The van der Waals surface area contributed by atoms with Gasteiger partial charge < -0.3 is 4.90 Å². The first-order valence-corrected chi connectivity index (χ1v) is 10.5. The molecule has 1 aliphatic rings. The monoisotopic (exact) mass is 390 g/mol. The van der Waals surface area contributed by atoms with Crippen molar-refractivity contribution in [1.29, 1.82) is 0 Å². The maximum Gasteiger partial charge on any atom is 0.141 e. The van der Waals surface area contributed by atoms with E-state index in [9.17, 15) is 0 Å². The molecule has 7 heteroatoms. The predicted octanol–water partition coefficient (Wildman–Crippen LogP) is 4.17. The molecule has 5 rings (SSSR count). The zero-order chi connectivity index (χ0) is 18.9. The second-order valence-corrected chi connectivity index (χ2v) is 8.22. The third-order valence-electron chi connectivity index (χ3n) is 5.34. The van der Waals surface area contributed by atoms with Gasteiger partial charge in [0.15, 0.2) is 0 Å². The fourth-order valence-corrected chi connectivity index (χ4v) is 5.07. The fourth-order valence-electron chi connectivity index (χ4n) is 4.08. The maximum absolute atomic E-state index is 4.90. The molecule has 0 N–H and O–H groups in total. The van der Waals surface area contributed by atoms with Crippen molar-refractivity contribution in [1.82, 2.24) is 24.7 Å². The van der Waals surface area contributed by atoms with Gasteiger partial charge in [-0.15, -0.1) is 11.3 Å². The molecule has 1 unspecified atom stereocenters. The number of fused-ring (bicyclic) bond motifs is 1. The van der Waals surface area contributed by atoms with Crippen LogP contribution in [0.3, 0.4) is 0 Å². The summed E-state index contributed by atoms with van der Waals surface area (Å²) in [6.07, 6.45) is 5.78. The third kappa shape index (κ3) is 3.26. The lowest BCUT2D eigenvalue weighted by Gasteiger charge is -2.34. The van der Waals surface area contributed by atoms with Crippen LogP contribution in [0.25, 0.3) is 21.3 Å². The third-order valence-corrected chi connectivity index (χ3v) is 6.21. The van der Waals surface area contributed by atoms with Crippen molar-refractivity contribution < 1.29 is 0 Å². The van der Waals surface area contributed by atoms with Crippen LogP contribution < -0.4 is 4.90 Å². The zero-order valence-electron chi connectivity index (χ0n) is 15.8. The Balaban J connectivity index is 1.53. The number of anilines is 1. The zero-order valence-corrected chi connectivity index (χ0v) is 16.6. The van der Waals surface area contributed by atoms with E-state index in [0.29, 0.717) is 5.92 Å². The van der Waals surface area contributed by atoms with Gasteiger partial charge >= 0.3 is 0 Å². The standard InChI is InChI=1S/C21H22N6S/c1-15-24-20(26-9-5-6-16(10-26)11-27-14-22-13-23-27)19-18(12-28-21(19)25-15)17-7-3-2-4-8-17/h2-4,7-8,12-14,16H,5-6,9-11H2,1H3. The molecule has 6 nitrogen and oxygen atoms in total. The Morgan fingerprint density at radius 1 is 1.18 bits per heavy atom. The van der Waals surface area contributed by atoms with Gasteiger partial charge in [-0.2, -0.15) is 5.10 Å².